The summed E-state index contributed by atoms with van der Waals surface area (Å²) in [6.07, 6.45) is 1.06. The predicted molar refractivity (Wildman–Crippen MR) is 64.7 cm³/mol. The van der Waals surface area contributed by atoms with Crippen LogP contribution in [0.4, 0.5) is 0 Å². The molecule has 1 aromatic heterocycles. The smallest absolute Gasteiger partial charge is 0.139 e. The number of phenols is 1. The summed E-state index contributed by atoms with van der Waals surface area (Å²) in [5, 5.41) is 11.0. The molecule has 2 aromatic rings. The summed E-state index contributed by atoms with van der Waals surface area (Å²) in [6, 6.07) is 6.13. The van der Waals surface area contributed by atoms with Crippen molar-refractivity contribution in [1.82, 2.24) is 9.88 Å². The van der Waals surface area contributed by atoms with Gasteiger partial charge < -0.3 is 10.1 Å². The average molecular weight is 216 g/mol. The first-order valence-corrected chi connectivity index (χ1v) is 5.71. The van der Waals surface area contributed by atoms with Crippen LogP contribution in [0.5, 0.6) is 5.75 Å². The fraction of sp³-hybridized carbons (Fsp3) is 0.385. The van der Waals surface area contributed by atoms with Gasteiger partial charge in [0.15, 0.2) is 0 Å². The van der Waals surface area contributed by atoms with E-state index in [9.17, 15) is 5.11 Å². The number of fused-ring (bicyclic) bond motifs is 3. The van der Waals surface area contributed by atoms with Gasteiger partial charge in [-0.05, 0) is 32.0 Å². The summed E-state index contributed by atoms with van der Waals surface area (Å²) in [5.41, 5.74) is 3.51. The number of aromatic nitrogens is 1. The normalized spacial score (nSPS) is 21.2. The molecule has 16 heavy (non-hydrogen) atoms. The number of nitrogens with zero attached hydrogens (tertiary/aromatic N) is 1. The average Bonchev–Trinajstić information content (AvgIpc) is 2.65. The SMILES string of the molecule is CC1c2[nH]c3c(O)cccc3c2CCN1C. The molecule has 1 unspecified atom stereocenters. The third kappa shape index (κ3) is 1.18. The molecule has 0 amide bonds. The van der Waals surface area contributed by atoms with E-state index in [1.165, 1.54) is 16.6 Å². The molecule has 1 aromatic carbocycles. The Morgan fingerprint density at radius 2 is 2.25 bits per heavy atom. The van der Waals surface area contributed by atoms with Crippen LogP contribution in [0.1, 0.15) is 24.2 Å². The van der Waals surface area contributed by atoms with E-state index in [0.29, 0.717) is 11.8 Å². The molecule has 1 aliphatic heterocycles. The molecular formula is C13H16N2O. The highest BCUT2D eigenvalue weighted by atomic mass is 16.3. The number of para-hydroxylation sites is 1. The quantitative estimate of drug-likeness (QED) is 0.710. The minimum absolute atomic E-state index is 0.349. The van der Waals surface area contributed by atoms with E-state index in [2.05, 4.69) is 29.9 Å². The monoisotopic (exact) mass is 216 g/mol. The van der Waals surface area contributed by atoms with Crippen molar-refractivity contribution in [2.75, 3.05) is 13.6 Å². The molecule has 0 saturated carbocycles. The van der Waals surface area contributed by atoms with E-state index >= 15 is 0 Å². The summed E-state index contributed by atoms with van der Waals surface area (Å²) in [6.45, 7) is 3.28. The van der Waals surface area contributed by atoms with Gasteiger partial charge in [0.2, 0.25) is 0 Å². The van der Waals surface area contributed by atoms with Gasteiger partial charge in [-0.3, -0.25) is 4.90 Å². The summed E-state index contributed by atoms with van der Waals surface area (Å²) in [5.74, 6) is 0.349. The molecule has 84 valence electrons. The molecule has 1 aliphatic rings. The molecule has 0 bridgehead atoms. The van der Waals surface area contributed by atoms with Gasteiger partial charge in [0.25, 0.3) is 0 Å². The topological polar surface area (TPSA) is 39.3 Å². The fourth-order valence-corrected chi connectivity index (χ4v) is 2.61. The van der Waals surface area contributed by atoms with Crippen LogP contribution in [0, 0.1) is 0 Å². The lowest BCUT2D eigenvalue weighted by Crippen LogP contribution is -2.30. The zero-order valence-electron chi connectivity index (χ0n) is 9.62. The maximum atomic E-state index is 9.83. The lowest BCUT2D eigenvalue weighted by Gasteiger charge is -2.29. The van der Waals surface area contributed by atoms with Gasteiger partial charge >= 0.3 is 0 Å². The Bertz CT molecular complexity index is 544. The second-order valence-corrected chi connectivity index (χ2v) is 4.62. The Morgan fingerprint density at radius 3 is 3.06 bits per heavy atom. The summed E-state index contributed by atoms with van der Waals surface area (Å²) < 4.78 is 0. The second kappa shape index (κ2) is 3.25. The van der Waals surface area contributed by atoms with Crippen molar-refractivity contribution in [3.63, 3.8) is 0 Å². The number of aromatic hydroxyl groups is 1. The summed E-state index contributed by atoms with van der Waals surface area (Å²) in [7, 11) is 2.14. The van der Waals surface area contributed by atoms with Gasteiger partial charge in [-0.2, -0.15) is 0 Å². The van der Waals surface area contributed by atoms with Crippen molar-refractivity contribution >= 4 is 10.9 Å². The molecule has 0 saturated heterocycles. The van der Waals surface area contributed by atoms with Crippen molar-refractivity contribution in [3.8, 4) is 5.75 Å². The highest BCUT2D eigenvalue weighted by Gasteiger charge is 2.25. The van der Waals surface area contributed by atoms with Gasteiger partial charge in [-0.25, -0.2) is 0 Å². The highest BCUT2D eigenvalue weighted by molar-refractivity contribution is 5.89. The molecular weight excluding hydrogens is 200 g/mol. The Morgan fingerprint density at radius 1 is 1.44 bits per heavy atom. The Hall–Kier alpha value is -1.48. The van der Waals surface area contributed by atoms with E-state index in [1.807, 2.05) is 6.07 Å². The first-order valence-electron chi connectivity index (χ1n) is 5.71. The van der Waals surface area contributed by atoms with Gasteiger partial charge in [-0.1, -0.05) is 12.1 Å². The van der Waals surface area contributed by atoms with Crippen molar-refractivity contribution in [2.45, 2.75) is 19.4 Å². The van der Waals surface area contributed by atoms with Crippen LogP contribution in [0.3, 0.4) is 0 Å². The van der Waals surface area contributed by atoms with Crippen LogP contribution in [0.15, 0.2) is 18.2 Å². The number of hydrogen-bond acceptors (Lipinski definition) is 2. The number of aromatic amines is 1. The van der Waals surface area contributed by atoms with Gasteiger partial charge in [0.05, 0.1) is 5.52 Å². The van der Waals surface area contributed by atoms with Crippen LogP contribution in [-0.4, -0.2) is 28.6 Å². The maximum Gasteiger partial charge on any atom is 0.139 e. The van der Waals surface area contributed by atoms with E-state index in [1.54, 1.807) is 6.07 Å². The third-order valence-electron chi connectivity index (χ3n) is 3.75. The minimum Gasteiger partial charge on any atom is -0.506 e. The van der Waals surface area contributed by atoms with Crippen LogP contribution in [0.25, 0.3) is 10.9 Å². The first kappa shape index (κ1) is 9.73. The first-order chi connectivity index (χ1) is 7.68. The zero-order chi connectivity index (χ0) is 11.3. The number of H-pyrrole nitrogens is 1. The molecule has 2 N–H and O–H groups in total. The Labute approximate surface area is 94.7 Å². The van der Waals surface area contributed by atoms with Crippen LogP contribution in [-0.2, 0) is 6.42 Å². The number of hydrogen-bond donors (Lipinski definition) is 2. The number of nitrogens with one attached hydrogen (secondary N) is 1. The lowest BCUT2D eigenvalue weighted by atomic mass is 9.99. The van der Waals surface area contributed by atoms with Crippen molar-refractivity contribution in [3.05, 3.63) is 29.5 Å². The van der Waals surface area contributed by atoms with E-state index < -0.39 is 0 Å². The number of phenolic OH excluding ortho intramolecular Hbond substituents is 1. The fourth-order valence-electron chi connectivity index (χ4n) is 2.61. The van der Waals surface area contributed by atoms with Crippen molar-refractivity contribution in [1.29, 1.82) is 0 Å². The number of likely N-dealkylation sites (N-methyl/N-ethyl adjacent to an activating group) is 1. The predicted octanol–water partition coefficient (Wildman–Crippen LogP) is 2.42. The largest absolute Gasteiger partial charge is 0.506 e. The van der Waals surface area contributed by atoms with Crippen LogP contribution < -0.4 is 0 Å². The molecule has 0 fully saturated rings. The van der Waals surface area contributed by atoms with Crippen molar-refractivity contribution in [2.24, 2.45) is 0 Å². The van der Waals surface area contributed by atoms with Crippen molar-refractivity contribution < 1.29 is 5.11 Å². The zero-order valence-corrected chi connectivity index (χ0v) is 9.62. The standard InChI is InChI=1S/C13H16N2O/c1-8-12-10(6-7-15(8)2)9-4-3-5-11(16)13(9)14-12/h3-5,8,14,16H,6-7H2,1-2H3. The molecule has 0 radical (unpaired) electrons. The minimum atomic E-state index is 0.349. The van der Waals surface area contributed by atoms with Gasteiger partial charge in [-0.15, -0.1) is 0 Å². The lowest BCUT2D eigenvalue weighted by molar-refractivity contribution is 0.244. The Kier molecular flexibility index (Phi) is 1.98. The number of rotatable bonds is 0. The molecule has 3 heteroatoms. The molecule has 3 rings (SSSR count). The Balaban J connectivity index is 2.30. The summed E-state index contributed by atoms with van der Waals surface area (Å²) in [4.78, 5) is 5.70. The third-order valence-corrected chi connectivity index (χ3v) is 3.75. The van der Waals surface area contributed by atoms with Gasteiger partial charge in [0, 0.05) is 23.7 Å². The highest BCUT2D eigenvalue weighted by Crippen LogP contribution is 2.36. The number of benzene rings is 1. The van der Waals surface area contributed by atoms with E-state index in [0.717, 1.165) is 18.5 Å². The molecule has 3 nitrogen and oxygen atoms in total. The second-order valence-electron chi connectivity index (χ2n) is 4.62. The molecule has 1 atom stereocenters. The van der Waals surface area contributed by atoms with E-state index in [4.69, 9.17) is 0 Å². The van der Waals surface area contributed by atoms with Crippen LogP contribution >= 0.6 is 0 Å². The maximum absolute atomic E-state index is 9.83. The van der Waals surface area contributed by atoms with Crippen LogP contribution in [0.2, 0.25) is 0 Å². The van der Waals surface area contributed by atoms with E-state index in [-0.39, 0.29) is 0 Å². The summed E-state index contributed by atoms with van der Waals surface area (Å²) >= 11 is 0. The molecule has 0 spiro atoms. The molecule has 2 heterocycles. The molecule has 0 aliphatic carbocycles. The van der Waals surface area contributed by atoms with Gasteiger partial charge in [0.1, 0.15) is 5.75 Å².